The Morgan fingerprint density at radius 1 is 0.333 bits per heavy atom. The van der Waals surface area contributed by atoms with Crippen LogP contribution in [0.4, 0.5) is 0 Å². The third kappa shape index (κ3) is 37.0. The third-order valence-corrected chi connectivity index (χ3v) is 5.21. The minimum absolute atomic E-state index is 0. The number of rotatable bonds is 16. The second-order valence-electron chi connectivity index (χ2n) is 6.92. The fourth-order valence-electron chi connectivity index (χ4n) is 2.68. The summed E-state index contributed by atoms with van der Waals surface area (Å²) in [7, 11) is 0. The van der Waals surface area contributed by atoms with E-state index in [9.17, 15) is 20.4 Å². The van der Waals surface area contributed by atoms with E-state index in [2.05, 4.69) is 75.0 Å². The van der Waals surface area contributed by atoms with Gasteiger partial charge in [-0.3, -0.25) is 0 Å². The SMILES string of the molecule is CCN(CC)CC[O-].CCN(CC)CC[O-].CCN(CC)CC[O-].CCN(CC)CC[O-].[Ge]. The van der Waals surface area contributed by atoms with Crippen LogP contribution in [0.5, 0.6) is 0 Å². The van der Waals surface area contributed by atoms with E-state index in [1.54, 1.807) is 0 Å². The molecule has 0 saturated heterocycles. The van der Waals surface area contributed by atoms with E-state index >= 15 is 0 Å². The van der Waals surface area contributed by atoms with E-state index in [1.165, 1.54) is 0 Å². The number of likely N-dealkylation sites (N-methyl/N-ethyl adjacent to an activating group) is 4. The molecule has 0 aliphatic heterocycles. The van der Waals surface area contributed by atoms with Crippen molar-refractivity contribution in [2.75, 3.05) is 105 Å². The molecule has 0 aromatic heterocycles. The Morgan fingerprint density at radius 2 is 0.455 bits per heavy atom. The first kappa shape index (κ1) is 43.3. The number of hydrogen-bond acceptors (Lipinski definition) is 8. The predicted molar refractivity (Wildman–Crippen MR) is 136 cm³/mol. The molecule has 0 N–H and O–H groups in total. The van der Waals surface area contributed by atoms with Gasteiger partial charge in [0.05, 0.1) is 0 Å². The number of nitrogens with zero attached hydrogens (tertiary/aromatic N) is 4. The van der Waals surface area contributed by atoms with Crippen molar-refractivity contribution >= 4 is 17.6 Å². The molecule has 0 rings (SSSR count). The van der Waals surface area contributed by atoms with Gasteiger partial charge in [-0.25, -0.2) is 0 Å². The molecule has 0 saturated carbocycles. The summed E-state index contributed by atoms with van der Waals surface area (Å²) in [4.78, 5) is 8.47. The van der Waals surface area contributed by atoms with E-state index in [4.69, 9.17) is 0 Å². The first-order valence-corrected chi connectivity index (χ1v) is 12.6. The van der Waals surface area contributed by atoms with Crippen molar-refractivity contribution in [2.45, 2.75) is 55.4 Å². The summed E-state index contributed by atoms with van der Waals surface area (Å²) in [6, 6.07) is 0. The number of hydrogen-bond donors (Lipinski definition) is 0. The van der Waals surface area contributed by atoms with Gasteiger partial charge in [-0.1, -0.05) is 55.4 Å². The monoisotopic (exact) mass is 538 g/mol. The van der Waals surface area contributed by atoms with Gasteiger partial charge in [-0.15, -0.1) is 26.4 Å². The van der Waals surface area contributed by atoms with Crippen molar-refractivity contribution in [1.82, 2.24) is 19.6 Å². The summed E-state index contributed by atoms with van der Waals surface area (Å²) in [6.07, 6.45) is 0. The Morgan fingerprint density at radius 3 is 0.485 bits per heavy atom. The smallest absolute Gasteiger partial charge is 0 e. The van der Waals surface area contributed by atoms with Crippen LogP contribution in [0, 0.1) is 0 Å². The maximum absolute atomic E-state index is 10.0. The molecule has 204 valence electrons. The molecule has 33 heavy (non-hydrogen) atoms. The van der Waals surface area contributed by atoms with Crippen molar-refractivity contribution in [2.24, 2.45) is 0 Å². The summed E-state index contributed by atoms with van der Waals surface area (Å²) in [6.45, 7) is 27.5. The minimum Gasteiger partial charge on any atom is -0.854 e. The Kier molecular flexibility index (Phi) is 51.8. The summed E-state index contributed by atoms with van der Waals surface area (Å²) in [5.74, 6) is 0. The molecule has 0 aliphatic carbocycles. The van der Waals surface area contributed by atoms with E-state index < -0.39 is 0 Å². The molecule has 0 aliphatic rings. The van der Waals surface area contributed by atoms with Crippen molar-refractivity contribution < 1.29 is 20.4 Å². The van der Waals surface area contributed by atoms with E-state index in [0.29, 0.717) is 26.2 Å². The Bertz CT molecular complexity index is 238. The molecule has 0 heterocycles. The van der Waals surface area contributed by atoms with Gasteiger partial charge in [-0.05, 0) is 78.5 Å². The quantitative estimate of drug-likeness (QED) is 0.217. The summed E-state index contributed by atoms with van der Waals surface area (Å²) in [5.41, 5.74) is 0. The standard InChI is InChI=1S/4C6H14NO.Ge/c4*1-3-7(4-2)5-6-8;/h4*3-6H2,1-2H3;/q4*-1;. The van der Waals surface area contributed by atoms with Crippen molar-refractivity contribution in [3.63, 3.8) is 0 Å². The van der Waals surface area contributed by atoms with E-state index in [-0.39, 0.29) is 44.0 Å². The van der Waals surface area contributed by atoms with Crippen LogP contribution >= 0.6 is 0 Å². The van der Waals surface area contributed by atoms with Crippen LogP contribution in [-0.4, -0.2) is 142 Å². The van der Waals surface area contributed by atoms with Gasteiger partial charge >= 0.3 is 0 Å². The van der Waals surface area contributed by atoms with E-state index in [0.717, 1.165) is 52.4 Å². The minimum atomic E-state index is 0. The zero-order chi connectivity index (χ0) is 25.6. The fourth-order valence-corrected chi connectivity index (χ4v) is 2.68. The van der Waals surface area contributed by atoms with Gasteiger partial charge in [0.15, 0.2) is 0 Å². The largest absolute Gasteiger partial charge is 0.854 e. The molecule has 0 fully saturated rings. The Balaban J connectivity index is -0.000000105. The second-order valence-corrected chi connectivity index (χ2v) is 6.92. The molecule has 0 atom stereocenters. The topological polar surface area (TPSA) is 105 Å². The Hall–Kier alpha value is 0.223. The van der Waals surface area contributed by atoms with E-state index in [1.807, 2.05) is 0 Å². The first-order chi connectivity index (χ1) is 15.4. The summed E-state index contributed by atoms with van der Waals surface area (Å²) in [5, 5.41) is 40.1. The Labute approximate surface area is 217 Å². The zero-order valence-electron chi connectivity index (χ0n) is 23.2. The third-order valence-electron chi connectivity index (χ3n) is 5.21. The van der Waals surface area contributed by atoms with Crippen LogP contribution in [-0.2, 0) is 0 Å². The van der Waals surface area contributed by atoms with Crippen molar-refractivity contribution in [3.05, 3.63) is 0 Å². The van der Waals surface area contributed by atoms with Crippen LogP contribution in [0.3, 0.4) is 0 Å². The molecule has 0 spiro atoms. The van der Waals surface area contributed by atoms with Crippen molar-refractivity contribution in [1.29, 1.82) is 0 Å². The zero-order valence-corrected chi connectivity index (χ0v) is 25.3. The molecule has 8 nitrogen and oxygen atoms in total. The maximum Gasteiger partial charge on any atom is 0 e. The molecule has 0 bridgehead atoms. The van der Waals surface area contributed by atoms with Gasteiger partial charge in [0.25, 0.3) is 0 Å². The molecule has 9 heteroatoms. The van der Waals surface area contributed by atoms with Crippen LogP contribution in [0.1, 0.15) is 55.4 Å². The summed E-state index contributed by atoms with van der Waals surface area (Å²) < 4.78 is 0. The molecule has 0 aromatic carbocycles. The first-order valence-electron chi connectivity index (χ1n) is 12.6. The molecule has 0 amide bonds. The summed E-state index contributed by atoms with van der Waals surface area (Å²) >= 11 is 0. The maximum atomic E-state index is 10.0. The van der Waals surface area contributed by atoms with Crippen molar-refractivity contribution in [3.8, 4) is 0 Å². The second kappa shape index (κ2) is 39.4. The molecule has 0 unspecified atom stereocenters. The fraction of sp³-hybridized carbons (Fsp3) is 1.00. The average molecular weight is 537 g/mol. The van der Waals surface area contributed by atoms with Gasteiger partial charge < -0.3 is 40.0 Å². The molecular formula is C24H56GeN4O4-4. The van der Waals surface area contributed by atoms with Crippen LogP contribution in [0.2, 0.25) is 0 Å². The van der Waals surface area contributed by atoms with Crippen LogP contribution < -0.4 is 20.4 Å². The predicted octanol–water partition coefficient (Wildman–Crippen LogP) is -1.63. The van der Waals surface area contributed by atoms with Crippen LogP contribution in [0.15, 0.2) is 0 Å². The normalized spacial score (nSPS) is 10.2. The average Bonchev–Trinajstić information content (AvgIpc) is 2.84. The van der Waals surface area contributed by atoms with Gasteiger partial charge in [-0.2, -0.15) is 0 Å². The van der Waals surface area contributed by atoms with Gasteiger partial charge in [0, 0.05) is 17.6 Å². The molecular weight excluding hydrogens is 481 g/mol. The molecule has 0 aromatic rings. The van der Waals surface area contributed by atoms with Gasteiger partial charge in [0.2, 0.25) is 0 Å². The molecule has 4 radical (unpaired) electrons. The van der Waals surface area contributed by atoms with Gasteiger partial charge in [0.1, 0.15) is 0 Å². The van der Waals surface area contributed by atoms with Crippen LogP contribution in [0.25, 0.3) is 0 Å².